The van der Waals surface area contributed by atoms with Gasteiger partial charge in [0.05, 0.1) is 6.61 Å². The Balaban J connectivity index is 1.96. The van der Waals surface area contributed by atoms with Gasteiger partial charge in [0.15, 0.2) is 5.82 Å². The number of aliphatic hydroxyl groups is 1. The monoisotopic (exact) mass is 260 g/mol. The summed E-state index contributed by atoms with van der Waals surface area (Å²) in [4.78, 5) is 10.5. The maximum Gasteiger partial charge on any atom is 0.224 e. The summed E-state index contributed by atoms with van der Waals surface area (Å²) in [7, 11) is 0. The molecule has 2 heterocycles. The Hall–Kier alpha value is -2.15. The fourth-order valence-corrected chi connectivity index (χ4v) is 2.09. The molecule has 0 unspecified atom stereocenters. The third kappa shape index (κ3) is 2.50. The van der Waals surface area contributed by atoms with Crippen LogP contribution in [0.4, 0.5) is 11.8 Å². The molecule has 0 radical (unpaired) electrons. The van der Waals surface area contributed by atoms with E-state index < -0.39 is 0 Å². The van der Waals surface area contributed by atoms with Crippen molar-refractivity contribution in [2.75, 3.05) is 23.8 Å². The number of nitrogens with two attached hydrogens (primary N) is 1. The second-order valence-corrected chi connectivity index (χ2v) is 4.54. The van der Waals surface area contributed by atoms with Crippen molar-refractivity contribution in [2.24, 2.45) is 0 Å². The van der Waals surface area contributed by atoms with Crippen LogP contribution in [0.2, 0.25) is 0 Å². The number of nitrogen functional groups attached to an aromatic ring is 1. The smallest absolute Gasteiger partial charge is 0.224 e. The van der Waals surface area contributed by atoms with Crippen molar-refractivity contribution in [3.8, 4) is 5.82 Å². The first-order chi connectivity index (χ1) is 9.28. The highest BCUT2D eigenvalue weighted by atomic mass is 16.3. The summed E-state index contributed by atoms with van der Waals surface area (Å²) in [5, 5.41) is 13.3. The predicted octanol–water partition coefficient (Wildman–Crippen LogP) is 0.206. The highest BCUT2D eigenvalue weighted by molar-refractivity contribution is 5.49. The molecule has 2 aromatic rings. The number of rotatable bonds is 5. The van der Waals surface area contributed by atoms with E-state index in [0.29, 0.717) is 18.4 Å². The molecule has 100 valence electrons. The first kappa shape index (κ1) is 11.9. The molecule has 7 nitrogen and oxygen atoms in total. The topological polar surface area (TPSA) is 93.1 Å². The van der Waals surface area contributed by atoms with E-state index in [-0.39, 0.29) is 12.6 Å². The van der Waals surface area contributed by atoms with Crippen LogP contribution >= 0.6 is 0 Å². The second kappa shape index (κ2) is 4.85. The van der Waals surface area contributed by atoms with Crippen LogP contribution in [0.1, 0.15) is 12.8 Å². The number of aliphatic hydroxyl groups excluding tert-OH is 1. The molecule has 0 saturated heterocycles. The minimum atomic E-state index is 0.0948. The molecular formula is C12H16N6O. The summed E-state index contributed by atoms with van der Waals surface area (Å²) in [5.74, 6) is 1.59. The lowest BCUT2D eigenvalue weighted by Gasteiger charge is -2.22. The van der Waals surface area contributed by atoms with Crippen LogP contribution in [0.3, 0.4) is 0 Å². The van der Waals surface area contributed by atoms with Gasteiger partial charge in [-0.05, 0) is 18.9 Å². The predicted molar refractivity (Wildman–Crippen MR) is 71.0 cm³/mol. The fraction of sp³-hybridized carbons (Fsp3) is 0.417. The highest BCUT2D eigenvalue weighted by Gasteiger charge is 2.30. The van der Waals surface area contributed by atoms with Crippen molar-refractivity contribution in [1.82, 2.24) is 19.7 Å². The second-order valence-electron chi connectivity index (χ2n) is 4.54. The summed E-state index contributed by atoms with van der Waals surface area (Å²) in [6.07, 6.45) is 5.74. The lowest BCUT2D eigenvalue weighted by molar-refractivity contribution is 0.301. The molecule has 0 spiro atoms. The Kier molecular flexibility index (Phi) is 3.04. The van der Waals surface area contributed by atoms with E-state index in [9.17, 15) is 0 Å². The van der Waals surface area contributed by atoms with Gasteiger partial charge >= 0.3 is 0 Å². The van der Waals surface area contributed by atoms with E-state index in [1.54, 1.807) is 17.1 Å². The summed E-state index contributed by atoms with van der Waals surface area (Å²) >= 11 is 0. The van der Waals surface area contributed by atoms with E-state index in [2.05, 4.69) is 20.0 Å². The molecule has 2 aromatic heterocycles. The van der Waals surface area contributed by atoms with E-state index in [4.69, 9.17) is 10.8 Å². The molecular weight excluding hydrogens is 244 g/mol. The first-order valence-corrected chi connectivity index (χ1v) is 6.30. The highest BCUT2D eigenvalue weighted by Crippen LogP contribution is 2.31. The van der Waals surface area contributed by atoms with Crippen LogP contribution in [0, 0.1) is 0 Å². The Bertz CT molecular complexity index is 551. The lowest BCUT2D eigenvalue weighted by atomic mass is 10.4. The summed E-state index contributed by atoms with van der Waals surface area (Å²) < 4.78 is 1.64. The molecule has 19 heavy (non-hydrogen) atoms. The molecule has 1 aliphatic carbocycles. The van der Waals surface area contributed by atoms with E-state index in [1.165, 1.54) is 0 Å². The van der Waals surface area contributed by atoms with Crippen molar-refractivity contribution in [3.63, 3.8) is 0 Å². The Morgan fingerprint density at radius 1 is 1.42 bits per heavy atom. The minimum absolute atomic E-state index is 0.0948. The molecule has 0 aromatic carbocycles. The molecule has 0 atom stereocenters. The number of nitrogens with zero attached hydrogens (tertiary/aromatic N) is 5. The van der Waals surface area contributed by atoms with Crippen molar-refractivity contribution < 1.29 is 5.11 Å². The molecule has 0 bridgehead atoms. The summed E-state index contributed by atoms with van der Waals surface area (Å²) in [6.45, 7) is 0.650. The van der Waals surface area contributed by atoms with Crippen LogP contribution < -0.4 is 10.6 Å². The van der Waals surface area contributed by atoms with Gasteiger partial charge in [0, 0.05) is 31.0 Å². The van der Waals surface area contributed by atoms with Gasteiger partial charge in [-0.25, -0.2) is 4.68 Å². The van der Waals surface area contributed by atoms with Gasteiger partial charge in [0.2, 0.25) is 5.95 Å². The SMILES string of the molecule is Nc1nc(N(CCO)C2CC2)cc(-n2cccn2)n1. The standard InChI is InChI=1S/C12H16N6O/c13-12-15-10(17(6-7-19)9-2-3-9)8-11(16-12)18-5-1-4-14-18/h1,4-5,8-9,19H,2-3,6-7H2,(H2,13,15,16). The Labute approximate surface area is 110 Å². The zero-order valence-electron chi connectivity index (χ0n) is 10.5. The Morgan fingerprint density at radius 2 is 2.26 bits per heavy atom. The first-order valence-electron chi connectivity index (χ1n) is 6.30. The fourth-order valence-electron chi connectivity index (χ4n) is 2.09. The van der Waals surface area contributed by atoms with Crippen molar-refractivity contribution in [2.45, 2.75) is 18.9 Å². The molecule has 0 amide bonds. The van der Waals surface area contributed by atoms with E-state index in [1.807, 2.05) is 12.1 Å². The van der Waals surface area contributed by atoms with Crippen LogP contribution in [-0.4, -0.2) is 44.0 Å². The number of aromatic nitrogens is 4. The van der Waals surface area contributed by atoms with Crippen molar-refractivity contribution in [3.05, 3.63) is 24.5 Å². The number of anilines is 2. The molecule has 1 saturated carbocycles. The van der Waals surface area contributed by atoms with E-state index >= 15 is 0 Å². The zero-order chi connectivity index (χ0) is 13.2. The minimum Gasteiger partial charge on any atom is -0.395 e. The molecule has 3 rings (SSSR count). The Morgan fingerprint density at radius 3 is 2.89 bits per heavy atom. The van der Waals surface area contributed by atoms with Crippen LogP contribution in [0.25, 0.3) is 5.82 Å². The van der Waals surface area contributed by atoms with Crippen LogP contribution in [0.15, 0.2) is 24.5 Å². The number of hydrogen-bond donors (Lipinski definition) is 2. The maximum absolute atomic E-state index is 9.16. The third-order valence-electron chi connectivity index (χ3n) is 3.08. The van der Waals surface area contributed by atoms with Crippen LogP contribution in [-0.2, 0) is 0 Å². The van der Waals surface area contributed by atoms with E-state index in [0.717, 1.165) is 18.7 Å². The van der Waals surface area contributed by atoms with Gasteiger partial charge in [-0.3, -0.25) is 0 Å². The normalized spacial score (nSPS) is 14.6. The van der Waals surface area contributed by atoms with Gasteiger partial charge < -0.3 is 15.7 Å². The summed E-state index contributed by atoms with van der Waals surface area (Å²) in [5.41, 5.74) is 5.77. The van der Waals surface area contributed by atoms with Gasteiger partial charge in [0.1, 0.15) is 5.82 Å². The van der Waals surface area contributed by atoms with Gasteiger partial charge in [-0.2, -0.15) is 15.1 Å². The van der Waals surface area contributed by atoms with Gasteiger partial charge in [-0.1, -0.05) is 0 Å². The third-order valence-corrected chi connectivity index (χ3v) is 3.08. The number of hydrogen-bond acceptors (Lipinski definition) is 6. The molecule has 1 fully saturated rings. The van der Waals surface area contributed by atoms with Crippen molar-refractivity contribution >= 4 is 11.8 Å². The lowest BCUT2D eigenvalue weighted by Crippen LogP contribution is -2.30. The van der Waals surface area contributed by atoms with Crippen LogP contribution in [0.5, 0.6) is 0 Å². The largest absolute Gasteiger partial charge is 0.395 e. The quantitative estimate of drug-likeness (QED) is 0.798. The van der Waals surface area contributed by atoms with Crippen molar-refractivity contribution in [1.29, 1.82) is 0 Å². The average Bonchev–Trinajstić information content (AvgIpc) is 3.08. The molecule has 3 N–H and O–H groups in total. The zero-order valence-corrected chi connectivity index (χ0v) is 10.5. The summed E-state index contributed by atoms with van der Waals surface area (Å²) in [6, 6.07) is 4.12. The molecule has 7 heteroatoms. The molecule has 1 aliphatic rings. The average molecular weight is 260 g/mol. The van der Waals surface area contributed by atoms with Gasteiger partial charge in [-0.15, -0.1) is 0 Å². The molecule has 0 aliphatic heterocycles. The van der Waals surface area contributed by atoms with Gasteiger partial charge in [0.25, 0.3) is 0 Å². The maximum atomic E-state index is 9.16.